The Bertz CT molecular complexity index is 1190. The normalized spacial score (nSPS) is 12.7. The van der Waals surface area contributed by atoms with Gasteiger partial charge in [-0.05, 0) is 73.8 Å². The number of carbonyl (C=O) groups excluding carboxylic acids is 1. The van der Waals surface area contributed by atoms with Crippen LogP contribution in [0.25, 0.3) is 11.3 Å². The monoisotopic (exact) mass is 475 g/mol. The number of carbonyl (C=O) groups is 1. The van der Waals surface area contributed by atoms with Crippen LogP contribution in [0.4, 0.5) is 5.00 Å². The maximum Gasteiger partial charge on any atom is 0.293 e. The fourth-order valence-corrected chi connectivity index (χ4v) is 5.14. The first-order valence-corrected chi connectivity index (χ1v) is 11.2. The molecule has 0 aliphatic heterocycles. The molecule has 1 aromatic carbocycles. The number of furan rings is 1. The zero-order chi connectivity index (χ0) is 21.3. The number of aryl methyl sites for hydroxylation is 1. The van der Waals surface area contributed by atoms with Gasteiger partial charge in [-0.25, -0.2) is 0 Å². The van der Waals surface area contributed by atoms with Crippen LogP contribution in [0.2, 0.25) is 10.0 Å². The molecule has 4 rings (SSSR count). The summed E-state index contributed by atoms with van der Waals surface area (Å²) in [5.41, 5.74) is 2.42. The van der Waals surface area contributed by atoms with E-state index in [4.69, 9.17) is 39.8 Å². The van der Waals surface area contributed by atoms with Gasteiger partial charge in [0.05, 0.1) is 15.6 Å². The summed E-state index contributed by atoms with van der Waals surface area (Å²) in [6.07, 6.45) is 4.08. The highest BCUT2D eigenvalue weighted by atomic mass is 35.5. The van der Waals surface area contributed by atoms with Crippen molar-refractivity contribution >= 4 is 62.8 Å². The number of anilines is 1. The molecule has 1 amide bonds. The van der Waals surface area contributed by atoms with E-state index in [1.54, 1.807) is 30.3 Å². The second kappa shape index (κ2) is 8.78. The predicted molar refractivity (Wildman–Crippen MR) is 124 cm³/mol. The van der Waals surface area contributed by atoms with Crippen molar-refractivity contribution in [3.8, 4) is 17.4 Å². The summed E-state index contributed by atoms with van der Waals surface area (Å²) in [6.45, 7) is 0. The molecule has 0 bridgehead atoms. The second-order valence-corrected chi connectivity index (χ2v) is 9.06. The number of fused-ring (bicyclic) bond motifs is 1. The molecule has 0 unspecified atom stereocenters. The topological polar surface area (TPSA) is 78.1 Å². The average molecular weight is 476 g/mol. The number of nitriles is 1. The van der Waals surface area contributed by atoms with Crippen LogP contribution in [0.3, 0.4) is 0 Å². The number of amides is 1. The van der Waals surface area contributed by atoms with Gasteiger partial charge in [0.15, 0.2) is 10.9 Å². The first kappa shape index (κ1) is 20.9. The van der Waals surface area contributed by atoms with Crippen LogP contribution in [-0.4, -0.2) is 11.0 Å². The molecule has 0 saturated heterocycles. The number of halogens is 2. The first-order valence-electron chi connectivity index (χ1n) is 9.18. The van der Waals surface area contributed by atoms with Crippen molar-refractivity contribution in [2.45, 2.75) is 25.7 Å². The second-order valence-electron chi connectivity index (χ2n) is 6.73. The van der Waals surface area contributed by atoms with Gasteiger partial charge in [-0.2, -0.15) is 5.26 Å². The molecule has 0 fully saturated rings. The van der Waals surface area contributed by atoms with Crippen LogP contribution >= 0.6 is 46.8 Å². The minimum absolute atomic E-state index is 0.103. The highest BCUT2D eigenvalue weighted by Crippen LogP contribution is 2.37. The summed E-state index contributed by atoms with van der Waals surface area (Å²) < 4.78 is 5.64. The van der Waals surface area contributed by atoms with E-state index in [0.717, 1.165) is 31.2 Å². The zero-order valence-electron chi connectivity index (χ0n) is 15.6. The van der Waals surface area contributed by atoms with E-state index < -0.39 is 5.91 Å². The highest BCUT2D eigenvalue weighted by Gasteiger charge is 2.22. The maximum absolute atomic E-state index is 12.5. The molecule has 5 nitrogen and oxygen atoms in total. The quantitative estimate of drug-likeness (QED) is 0.441. The Hall–Kier alpha value is -2.37. The van der Waals surface area contributed by atoms with E-state index in [-0.39, 0.29) is 10.9 Å². The maximum atomic E-state index is 12.5. The molecule has 9 heteroatoms. The van der Waals surface area contributed by atoms with Gasteiger partial charge in [-0.15, -0.1) is 11.3 Å². The molecule has 0 saturated carbocycles. The number of hydrogen-bond donors (Lipinski definition) is 2. The van der Waals surface area contributed by atoms with Crippen molar-refractivity contribution in [1.82, 2.24) is 5.32 Å². The Kier molecular flexibility index (Phi) is 6.11. The largest absolute Gasteiger partial charge is 0.451 e. The third-order valence-corrected chi connectivity index (χ3v) is 6.92. The summed E-state index contributed by atoms with van der Waals surface area (Å²) in [7, 11) is 0. The molecule has 2 aromatic heterocycles. The number of nitrogens with zero attached hydrogens (tertiary/aromatic N) is 1. The first-order chi connectivity index (χ1) is 14.5. The van der Waals surface area contributed by atoms with Gasteiger partial charge in [0.2, 0.25) is 0 Å². The lowest BCUT2D eigenvalue weighted by Gasteiger charge is -2.09. The van der Waals surface area contributed by atoms with Gasteiger partial charge in [0, 0.05) is 10.4 Å². The van der Waals surface area contributed by atoms with Gasteiger partial charge in [-0.1, -0.05) is 23.2 Å². The SMILES string of the molecule is N#Cc1c(NC(=S)NC(=O)c2ccc(-c3ccc(Cl)c(Cl)c3)o2)sc2c1CCCC2. The standard InChI is InChI=1S/C21H15Cl2N3O2S2/c22-14-6-5-11(9-15(14)23)16-7-8-17(28-16)19(27)25-21(29)26-20-13(10-24)12-3-1-2-4-18(12)30-20/h5-9H,1-4H2,(H2,25,26,27,29). The molecule has 2 heterocycles. The molecule has 2 N–H and O–H groups in total. The van der Waals surface area contributed by atoms with Gasteiger partial charge in [0.25, 0.3) is 5.91 Å². The highest BCUT2D eigenvalue weighted by molar-refractivity contribution is 7.80. The number of nitrogens with one attached hydrogen (secondary N) is 2. The summed E-state index contributed by atoms with van der Waals surface area (Å²) in [4.78, 5) is 13.7. The Labute approximate surface area is 192 Å². The Morgan fingerprint density at radius 2 is 1.97 bits per heavy atom. The number of thiocarbonyl (C=S) groups is 1. The summed E-state index contributed by atoms with van der Waals surface area (Å²) in [6, 6.07) is 10.6. The lowest BCUT2D eigenvalue weighted by atomic mass is 9.96. The molecule has 1 aliphatic rings. The van der Waals surface area contributed by atoms with Crippen LogP contribution < -0.4 is 10.6 Å². The summed E-state index contributed by atoms with van der Waals surface area (Å²) in [5, 5.41) is 16.8. The Morgan fingerprint density at radius 1 is 1.17 bits per heavy atom. The molecular formula is C21H15Cl2N3O2S2. The van der Waals surface area contributed by atoms with E-state index in [2.05, 4.69) is 16.7 Å². The van der Waals surface area contributed by atoms with Crippen molar-refractivity contribution in [2.75, 3.05) is 5.32 Å². The predicted octanol–water partition coefficient (Wildman–Crippen LogP) is 6.19. The van der Waals surface area contributed by atoms with Crippen molar-refractivity contribution in [2.24, 2.45) is 0 Å². The average Bonchev–Trinajstić information content (AvgIpc) is 3.34. The fourth-order valence-electron chi connectivity index (χ4n) is 3.34. The molecule has 152 valence electrons. The Balaban J connectivity index is 1.45. The van der Waals surface area contributed by atoms with Crippen molar-refractivity contribution in [3.63, 3.8) is 0 Å². The third-order valence-electron chi connectivity index (χ3n) is 4.77. The fraction of sp³-hybridized carbons (Fsp3) is 0.190. The van der Waals surface area contributed by atoms with Gasteiger partial charge >= 0.3 is 0 Å². The minimum atomic E-state index is -0.487. The number of thiophene rings is 1. The molecule has 0 radical (unpaired) electrons. The van der Waals surface area contributed by atoms with Crippen LogP contribution in [-0.2, 0) is 12.8 Å². The smallest absolute Gasteiger partial charge is 0.293 e. The number of hydrogen-bond acceptors (Lipinski definition) is 5. The third kappa shape index (κ3) is 4.23. The summed E-state index contributed by atoms with van der Waals surface area (Å²) in [5.74, 6) is 0.0973. The minimum Gasteiger partial charge on any atom is -0.451 e. The molecule has 30 heavy (non-hydrogen) atoms. The Morgan fingerprint density at radius 3 is 2.73 bits per heavy atom. The summed E-state index contributed by atoms with van der Waals surface area (Å²) >= 11 is 18.8. The van der Waals surface area contributed by atoms with Crippen LogP contribution in [0.5, 0.6) is 0 Å². The molecule has 1 aliphatic carbocycles. The van der Waals surface area contributed by atoms with Crippen LogP contribution in [0, 0.1) is 11.3 Å². The van der Waals surface area contributed by atoms with Crippen LogP contribution in [0.15, 0.2) is 34.7 Å². The van der Waals surface area contributed by atoms with E-state index in [1.165, 1.54) is 16.2 Å². The van der Waals surface area contributed by atoms with Crippen molar-refractivity contribution in [1.29, 1.82) is 5.26 Å². The van der Waals surface area contributed by atoms with E-state index in [0.29, 0.717) is 31.9 Å². The molecule has 0 atom stereocenters. The molecule has 0 spiro atoms. The van der Waals surface area contributed by atoms with E-state index >= 15 is 0 Å². The number of benzene rings is 1. The van der Waals surface area contributed by atoms with Gasteiger partial charge in [-0.3, -0.25) is 10.1 Å². The van der Waals surface area contributed by atoms with E-state index in [1.807, 2.05) is 0 Å². The zero-order valence-corrected chi connectivity index (χ0v) is 18.7. The lowest BCUT2D eigenvalue weighted by Crippen LogP contribution is -2.33. The van der Waals surface area contributed by atoms with Gasteiger partial charge < -0.3 is 9.73 Å². The van der Waals surface area contributed by atoms with Crippen molar-refractivity contribution in [3.05, 3.63) is 62.1 Å². The molecular weight excluding hydrogens is 461 g/mol. The van der Waals surface area contributed by atoms with Crippen LogP contribution in [0.1, 0.15) is 39.4 Å². The van der Waals surface area contributed by atoms with Gasteiger partial charge in [0.1, 0.15) is 16.8 Å². The van der Waals surface area contributed by atoms with Crippen molar-refractivity contribution < 1.29 is 9.21 Å². The lowest BCUT2D eigenvalue weighted by molar-refractivity contribution is 0.0951. The number of rotatable bonds is 3. The van der Waals surface area contributed by atoms with E-state index in [9.17, 15) is 10.1 Å². The molecule has 3 aromatic rings.